The largest absolute Gasteiger partial charge is 0.483 e. The number of aromatic nitrogens is 2. The lowest BCUT2D eigenvalue weighted by Gasteiger charge is -2.12. The lowest BCUT2D eigenvalue weighted by atomic mass is 10.2. The van der Waals surface area contributed by atoms with Gasteiger partial charge in [-0.25, -0.2) is 9.37 Å². The molecular formula is C16H15FN2O. The van der Waals surface area contributed by atoms with Crippen LogP contribution < -0.4 is 4.74 Å². The van der Waals surface area contributed by atoms with Gasteiger partial charge < -0.3 is 9.72 Å². The molecule has 1 aromatic heterocycles. The fraction of sp³-hybridized carbons (Fsp3) is 0.188. The van der Waals surface area contributed by atoms with Gasteiger partial charge in [-0.3, -0.25) is 0 Å². The van der Waals surface area contributed by atoms with E-state index in [0.717, 1.165) is 16.9 Å². The lowest BCUT2D eigenvalue weighted by molar-refractivity contribution is 0.217. The van der Waals surface area contributed by atoms with Crippen molar-refractivity contribution in [1.29, 1.82) is 0 Å². The van der Waals surface area contributed by atoms with Crippen LogP contribution in [-0.4, -0.2) is 9.97 Å². The normalized spacial score (nSPS) is 12.6. The van der Waals surface area contributed by atoms with Crippen LogP contribution in [0.4, 0.5) is 4.39 Å². The van der Waals surface area contributed by atoms with Crippen molar-refractivity contribution in [3.8, 4) is 5.75 Å². The van der Waals surface area contributed by atoms with Crippen molar-refractivity contribution >= 4 is 11.0 Å². The summed E-state index contributed by atoms with van der Waals surface area (Å²) in [7, 11) is 0. The second-order valence-electron chi connectivity index (χ2n) is 4.86. The number of nitrogens with zero attached hydrogens (tertiary/aromatic N) is 1. The monoisotopic (exact) mass is 270 g/mol. The van der Waals surface area contributed by atoms with E-state index in [0.29, 0.717) is 5.75 Å². The van der Waals surface area contributed by atoms with Crippen LogP contribution in [0.3, 0.4) is 0 Å². The summed E-state index contributed by atoms with van der Waals surface area (Å²) in [5.74, 6) is 1.11. The molecule has 0 bridgehead atoms. The highest BCUT2D eigenvalue weighted by molar-refractivity contribution is 5.75. The Kier molecular flexibility index (Phi) is 3.14. The van der Waals surface area contributed by atoms with E-state index in [1.165, 1.54) is 17.7 Å². The molecule has 0 saturated heterocycles. The molecule has 0 saturated carbocycles. The Morgan fingerprint density at radius 3 is 2.65 bits per heavy atom. The second-order valence-corrected chi connectivity index (χ2v) is 4.86. The van der Waals surface area contributed by atoms with Crippen LogP contribution in [-0.2, 0) is 0 Å². The smallest absolute Gasteiger partial charge is 0.153 e. The highest BCUT2D eigenvalue weighted by Crippen LogP contribution is 2.22. The van der Waals surface area contributed by atoms with Gasteiger partial charge in [0.05, 0.1) is 11.0 Å². The van der Waals surface area contributed by atoms with Gasteiger partial charge in [0.15, 0.2) is 6.10 Å². The molecule has 4 heteroatoms. The van der Waals surface area contributed by atoms with Crippen molar-refractivity contribution in [2.45, 2.75) is 20.0 Å². The van der Waals surface area contributed by atoms with Crippen LogP contribution >= 0.6 is 0 Å². The molecule has 3 aromatic rings. The summed E-state index contributed by atoms with van der Waals surface area (Å²) in [6, 6.07) is 12.0. The Balaban J connectivity index is 1.84. The van der Waals surface area contributed by atoms with Crippen molar-refractivity contribution in [1.82, 2.24) is 9.97 Å². The van der Waals surface area contributed by atoms with E-state index >= 15 is 0 Å². The van der Waals surface area contributed by atoms with E-state index in [4.69, 9.17) is 4.74 Å². The van der Waals surface area contributed by atoms with Gasteiger partial charge in [-0.05, 0) is 55.8 Å². The number of benzene rings is 2. The lowest BCUT2D eigenvalue weighted by Crippen LogP contribution is -2.04. The number of rotatable bonds is 3. The van der Waals surface area contributed by atoms with Gasteiger partial charge in [0, 0.05) is 0 Å². The Morgan fingerprint density at radius 2 is 1.90 bits per heavy atom. The molecule has 20 heavy (non-hydrogen) atoms. The third kappa shape index (κ3) is 2.50. The molecule has 102 valence electrons. The second kappa shape index (κ2) is 4.96. The first kappa shape index (κ1) is 12.7. The zero-order valence-corrected chi connectivity index (χ0v) is 11.4. The number of nitrogens with one attached hydrogen (secondary N) is 1. The number of ether oxygens (including phenoxy) is 1. The van der Waals surface area contributed by atoms with Crippen molar-refractivity contribution < 1.29 is 9.13 Å². The zero-order valence-electron chi connectivity index (χ0n) is 11.4. The summed E-state index contributed by atoms with van der Waals surface area (Å²) in [6.45, 7) is 3.95. The molecule has 0 amide bonds. The minimum absolute atomic E-state index is 0.229. The summed E-state index contributed by atoms with van der Waals surface area (Å²) < 4.78 is 18.6. The number of aromatic amines is 1. The first-order chi connectivity index (χ1) is 9.61. The molecule has 0 fully saturated rings. The van der Waals surface area contributed by atoms with E-state index in [9.17, 15) is 4.39 Å². The maximum absolute atomic E-state index is 12.9. The van der Waals surface area contributed by atoms with Gasteiger partial charge in [-0.15, -0.1) is 0 Å². The van der Waals surface area contributed by atoms with Gasteiger partial charge in [0.1, 0.15) is 17.4 Å². The number of halogens is 1. The van der Waals surface area contributed by atoms with Crippen LogP contribution in [0.15, 0.2) is 42.5 Å². The Hall–Kier alpha value is -2.36. The highest BCUT2D eigenvalue weighted by Gasteiger charge is 2.12. The van der Waals surface area contributed by atoms with E-state index in [2.05, 4.69) is 16.0 Å². The number of H-pyrrole nitrogens is 1. The molecular weight excluding hydrogens is 255 g/mol. The molecule has 3 nitrogen and oxygen atoms in total. The average molecular weight is 270 g/mol. The molecule has 1 atom stereocenters. The predicted octanol–water partition coefficient (Wildman–Crippen LogP) is 4.15. The number of imidazole rings is 1. The fourth-order valence-corrected chi connectivity index (χ4v) is 2.11. The average Bonchev–Trinajstić information content (AvgIpc) is 2.84. The molecule has 0 radical (unpaired) electrons. The van der Waals surface area contributed by atoms with Crippen molar-refractivity contribution in [3.05, 3.63) is 59.7 Å². The Labute approximate surface area is 116 Å². The van der Waals surface area contributed by atoms with Gasteiger partial charge in [0.2, 0.25) is 0 Å². The number of hydrogen-bond acceptors (Lipinski definition) is 2. The molecule has 0 aliphatic rings. The molecule has 2 aromatic carbocycles. The fourth-order valence-electron chi connectivity index (χ4n) is 2.11. The maximum Gasteiger partial charge on any atom is 0.153 e. The topological polar surface area (TPSA) is 37.9 Å². The van der Waals surface area contributed by atoms with Crippen LogP contribution in [0.25, 0.3) is 11.0 Å². The Bertz CT molecular complexity index is 734. The number of hydrogen-bond donors (Lipinski definition) is 1. The minimum atomic E-state index is -0.274. The zero-order chi connectivity index (χ0) is 14.1. The molecule has 1 heterocycles. The first-order valence-electron chi connectivity index (χ1n) is 6.50. The van der Waals surface area contributed by atoms with Gasteiger partial charge in [0.25, 0.3) is 0 Å². The maximum atomic E-state index is 12.9. The summed E-state index contributed by atoms with van der Waals surface area (Å²) >= 11 is 0. The van der Waals surface area contributed by atoms with Gasteiger partial charge in [-0.2, -0.15) is 0 Å². The molecule has 0 aliphatic heterocycles. The highest BCUT2D eigenvalue weighted by atomic mass is 19.1. The van der Waals surface area contributed by atoms with E-state index in [1.54, 1.807) is 12.1 Å². The van der Waals surface area contributed by atoms with Crippen LogP contribution in [0.1, 0.15) is 24.4 Å². The minimum Gasteiger partial charge on any atom is -0.483 e. The molecule has 1 N–H and O–H groups in total. The van der Waals surface area contributed by atoms with Crippen molar-refractivity contribution in [2.24, 2.45) is 0 Å². The third-order valence-corrected chi connectivity index (χ3v) is 3.17. The van der Waals surface area contributed by atoms with Crippen molar-refractivity contribution in [2.75, 3.05) is 0 Å². The predicted molar refractivity (Wildman–Crippen MR) is 76.3 cm³/mol. The van der Waals surface area contributed by atoms with Gasteiger partial charge in [-0.1, -0.05) is 6.07 Å². The van der Waals surface area contributed by atoms with E-state index in [1.807, 2.05) is 26.0 Å². The summed E-state index contributed by atoms with van der Waals surface area (Å²) in [4.78, 5) is 7.77. The van der Waals surface area contributed by atoms with Gasteiger partial charge >= 0.3 is 0 Å². The van der Waals surface area contributed by atoms with Crippen LogP contribution in [0.2, 0.25) is 0 Å². The quantitative estimate of drug-likeness (QED) is 0.776. The third-order valence-electron chi connectivity index (χ3n) is 3.17. The van der Waals surface area contributed by atoms with E-state index in [-0.39, 0.29) is 11.9 Å². The number of aryl methyl sites for hydroxylation is 1. The summed E-state index contributed by atoms with van der Waals surface area (Å²) in [5, 5.41) is 0. The molecule has 3 rings (SSSR count). The molecule has 0 aliphatic carbocycles. The van der Waals surface area contributed by atoms with Crippen LogP contribution in [0, 0.1) is 12.7 Å². The first-order valence-corrected chi connectivity index (χ1v) is 6.50. The summed E-state index contributed by atoms with van der Waals surface area (Å²) in [5.41, 5.74) is 3.09. The number of fused-ring (bicyclic) bond motifs is 1. The Morgan fingerprint density at radius 1 is 1.15 bits per heavy atom. The van der Waals surface area contributed by atoms with E-state index < -0.39 is 0 Å². The van der Waals surface area contributed by atoms with Crippen molar-refractivity contribution in [3.63, 3.8) is 0 Å². The summed E-state index contributed by atoms with van der Waals surface area (Å²) in [6.07, 6.45) is -0.229. The molecule has 0 spiro atoms. The standard InChI is InChI=1S/C16H15FN2O/c1-10-3-8-14-15(9-10)19-16(18-14)11(2)20-13-6-4-12(17)5-7-13/h3-9,11H,1-2H3,(H,18,19). The SMILES string of the molecule is Cc1ccc2nc(C(C)Oc3ccc(F)cc3)[nH]c2c1. The van der Waals surface area contributed by atoms with Crippen LogP contribution in [0.5, 0.6) is 5.75 Å². The molecule has 1 unspecified atom stereocenters.